The zero-order valence-electron chi connectivity index (χ0n) is 12.6. The number of carbonyl (C=O) groups is 2. The second kappa shape index (κ2) is 4.98. The van der Waals surface area contributed by atoms with Crippen LogP contribution >= 0.6 is 0 Å². The van der Waals surface area contributed by atoms with Gasteiger partial charge in [-0.3, -0.25) is 0 Å². The van der Waals surface area contributed by atoms with Crippen LogP contribution in [0.2, 0.25) is 0 Å². The molecule has 0 atom stereocenters. The van der Waals surface area contributed by atoms with Gasteiger partial charge in [0, 0.05) is 6.42 Å². The molecule has 1 aromatic heterocycles. The highest BCUT2D eigenvalue weighted by molar-refractivity contribution is 6.04. The van der Waals surface area contributed by atoms with Crippen LogP contribution in [0.25, 0.3) is 5.69 Å². The van der Waals surface area contributed by atoms with Crippen LogP contribution in [0, 0.1) is 0 Å². The summed E-state index contributed by atoms with van der Waals surface area (Å²) in [5.41, 5.74) is 0.875. The lowest BCUT2D eigenvalue weighted by Gasteiger charge is -2.28. The van der Waals surface area contributed by atoms with Crippen molar-refractivity contribution in [2.24, 2.45) is 0 Å². The number of fused-ring (bicyclic) bond motifs is 1. The highest BCUT2D eigenvalue weighted by atomic mass is 16.6. The van der Waals surface area contributed by atoms with Crippen molar-refractivity contribution in [3.8, 4) is 5.69 Å². The molecule has 0 amide bonds. The van der Waals surface area contributed by atoms with E-state index in [1.807, 2.05) is 32.0 Å². The van der Waals surface area contributed by atoms with Gasteiger partial charge >= 0.3 is 11.9 Å². The molecule has 0 radical (unpaired) electrons. The number of hydrogen-bond acceptors (Lipinski definition) is 5. The van der Waals surface area contributed by atoms with Gasteiger partial charge in [-0.1, -0.05) is 18.2 Å². The topological polar surface area (TPSA) is 70.4 Å². The van der Waals surface area contributed by atoms with E-state index < -0.39 is 17.5 Å². The number of para-hydroxylation sites is 1. The average Bonchev–Trinajstić information content (AvgIpc) is 2.85. The number of benzene rings is 1. The highest BCUT2D eigenvalue weighted by Crippen LogP contribution is 2.31. The van der Waals surface area contributed by atoms with Crippen molar-refractivity contribution < 1.29 is 19.1 Å². The molecule has 1 aliphatic heterocycles. The van der Waals surface area contributed by atoms with Gasteiger partial charge in [0.25, 0.3) is 0 Å². The van der Waals surface area contributed by atoms with E-state index in [9.17, 15) is 9.59 Å². The third-order valence-corrected chi connectivity index (χ3v) is 3.50. The summed E-state index contributed by atoms with van der Waals surface area (Å²) in [7, 11) is 1.27. The van der Waals surface area contributed by atoms with Crippen LogP contribution in [0.1, 0.15) is 40.4 Å². The zero-order valence-corrected chi connectivity index (χ0v) is 12.6. The molecule has 3 rings (SSSR count). The fraction of sp³-hybridized carbons (Fsp3) is 0.312. The first kappa shape index (κ1) is 14.3. The first-order valence-electron chi connectivity index (χ1n) is 6.92. The van der Waals surface area contributed by atoms with Gasteiger partial charge in [0.15, 0.2) is 5.69 Å². The zero-order chi connectivity index (χ0) is 15.9. The Morgan fingerprint density at radius 1 is 1.32 bits per heavy atom. The predicted octanol–water partition coefficient (Wildman–Crippen LogP) is 2.15. The molecule has 114 valence electrons. The lowest BCUT2D eigenvalue weighted by molar-refractivity contribution is -0.00722. The third-order valence-electron chi connectivity index (χ3n) is 3.50. The maximum Gasteiger partial charge on any atom is 0.357 e. The van der Waals surface area contributed by atoms with Gasteiger partial charge in [0.2, 0.25) is 0 Å². The molecule has 2 aromatic rings. The number of cyclic esters (lactones) is 1. The Morgan fingerprint density at radius 3 is 2.64 bits per heavy atom. The molecule has 0 unspecified atom stereocenters. The monoisotopic (exact) mass is 300 g/mol. The number of ether oxygens (including phenoxy) is 2. The summed E-state index contributed by atoms with van der Waals surface area (Å²) in [6.45, 7) is 3.63. The maximum atomic E-state index is 12.3. The van der Waals surface area contributed by atoms with Crippen molar-refractivity contribution in [2.45, 2.75) is 25.9 Å². The normalized spacial score (nSPS) is 15.9. The summed E-state index contributed by atoms with van der Waals surface area (Å²) in [6.07, 6.45) is 0.442. The Bertz CT molecular complexity index is 747. The van der Waals surface area contributed by atoms with Crippen LogP contribution in [-0.2, 0) is 15.9 Å². The molecule has 6 nitrogen and oxygen atoms in total. The number of esters is 2. The summed E-state index contributed by atoms with van der Waals surface area (Å²) >= 11 is 0. The van der Waals surface area contributed by atoms with E-state index in [0.717, 1.165) is 0 Å². The number of aromatic nitrogens is 2. The Balaban J connectivity index is 2.24. The van der Waals surface area contributed by atoms with Gasteiger partial charge in [0.1, 0.15) is 11.2 Å². The van der Waals surface area contributed by atoms with Crippen molar-refractivity contribution in [1.82, 2.24) is 9.78 Å². The summed E-state index contributed by atoms with van der Waals surface area (Å²) in [5, 5.41) is 4.45. The number of nitrogens with zero attached hydrogens (tertiary/aromatic N) is 2. The van der Waals surface area contributed by atoms with Gasteiger partial charge in [-0.15, -0.1) is 0 Å². The van der Waals surface area contributed by atoms with E-state index in [1.54, 1.807) is 12.1 Å². The number of carbonyl (C=O) groups excluding carboxylic acids is 2. The number of hydrogen-bond donors (Lipinski definition) is 0. The van der Waals surface area contributed by atoms with E-state index in [4.69, 9.17) is 9.47 Å². The Labute approximate surface area is 127 Å². The minimum atomic E-state index is -0.645. The van der Waals surface area contributed by atoms with Crippen molar-refractivity contribution in [3.05, 3.63) is 47.3 Å². The van der Waals surface area contributed by atoms with Crippen molar-refractivity contribution in [1.29, 1.82) is 0 Å². The molecule has 0 fully saturated rings. The lowest BCUT2D eigenvalue weighted by Crippen LogP contribution is -2.36. The van der Waals surface area contributed by atoms with Gasteiger partial charge in [0.05, 0.1) is 18.5 Å². The SMILES string of the molecule is COC(=O)c1c2c(nn1-c1ccccc1)CC(C)(C)OC2=O. The van der Waals surface area contributed by atoms with Crippen molar-refractivity contribution in [3.63, 3.8) is 0 Å². The molecule has 0 bridgehead atoms. The van der Waals surface area contributed by atoms with Crippen molar-refractivity contribution in [2.75, 3.05) is 7.11 Å². The van der Waals surface area contributed by atoms with Gasteiger partial charge < -0.3 is 9.47 Å². The Morgan fingerprint density at radius 2 is 2.00 bits per heavy atom. The quantitative estimate of drug-likeness (QED) is 0.795. The molecule has 0 saturated heterocycles. The fourth-order valence-corrected chi connectivity index (χ4v) is 2.58. The van der Waals surface area contributed by atoms with E-state index in [1.165, 1.54) is 11.8 Å². The molecule has 0 saturated carbocycles. The lowest BCUT2D eigenvalue weighted by atomic mass is 9.96. The van der Waals surface area contributed by atoms with Crippen LogP contribution in [0.5, 0.6) is 0 Å². The van der Waals surface area contributed by atoms with Crippen LogP contribution in [-0.4, -0.2) is 34.4 Å². The molecule has 1 aromatic carbocycles. The standard InChI is InChI=1S/C16H16N2O4/c1-16(2)9-11-12(14(19)22-16)13(15(20)21-3)18(17-11)10-7-5-4-6-8-10/h4-8H,9H2,1-3H3. The number of methoxy groups -OCH3 is 1. The van der Waals surface area contributed by atoms with E-state index in [2.05, 4.69) is 5.10 Å². The highest BCUT2D eigenvalue weighted by Gasteiger charge is 2.40. The molecular weight excluding hydrogens is 284 g/mol. The summed E-state index contributed by atoms with van der Waals surface area (Å²) in [4.78, 5) is 24.5. The average molecular weight is 300 g/mol. The molecular formula is C16H16N2O4. The second-order valence-corrected chi connectivity index (χ2v) is 5.74. The van der Waals surface area contributed by atoms with Crippen molar-refractivity contribution >= 4 is 11.9 Å². The smallest absolute Gasteiger partial charge is 0.357 e. The predicted molar refractivity (Wildman–Crippen MR) is 78.1 cm³/mol. The first-order chi connectivity index (χ1) is 10.4. The van der Waals surface area contributed by atoms with Gasteiger partial charge in [-0.2, -0.15) is 5.10 Å². The Kier molecular flexibility index (Phi) is 3.24. The third kappa shape index (κ3) is 2.26. The van der Waals surface area contributed by atoms with Crippen LogP contribution in [0.3, 0.4) is 0 Å². The summed E-state index contributed by atoms with van der Waals surface area (Å²) < 4.78 is 11.6. The summed E-state index contributed by atoms with van der Waals surface area (Å²) in [5.74, 6) is -1.16. The largest absolute Gasteiger partial charge is 0.464 e. The van der Waals surface area contributed by atoms with Gasteiger partial charge in [-0.25, -0.2) is 14.3 Å². The van der Waals surface area contributed by atoms with Gasteiger partial charge in [-0.05, 0) is 26.0 Å². The maximum absolute atomic E-state index is 12.3. The molecule has 6 heteroatoms. The molecule has 0 spiro atoms. The summed E-state index contributed by atoms with van der Waals surface area (Å²) in [6, 6.07) is 9.14. The molecule has 22 heavy (non-hydrogen) atoms. The van der Waals surface area contributed by atoms with E-state index >= 15 is 0 Å². The first-order valence-corrected chi connectivity index (χ1v) is 6.92. The minimum Gasteiger partial charge on any atom is -0.464 e. The van der Waals surface area contributed by atoms with E-state index in [0.29, 0.717) is 17.8 Å². The second-order valence-electron chi connectivity index (χ2n) is 5.74. The fourth-order valence-electron chi connectivity index (χ4n) is 2.58. The van der Waals surface area contributed by atoms with E-state index in [-0.39, 0.29) is 11.3 Å². The van der Waals surface area contributed by atoms with Crippen LogP contribution in [0.15, 0.2) is 30.3 Å². The molecule has 2 heterocycles. The van der Waals surface area contributed by atoms with Crippen LogP contribution < -0.4 is 0 Å². The molecule has 0 aliphatic carbocycles. The Hall–Kier alpha value is -2.63. The molecule has 1 aliphatic rings. The molecule has 0 N–H and O–H groups in total. The minimum absolute atomic E-state index is 0.101. The number of rotatable bonds is 2. The van der Waals surface area contributed by atoms with Crippen LogP contribution in [0.4, 0.5) is 0 Å².